The van der Waals surface area contributed by atoms with E-state index >= 15 is 0 Å². The minimum absolute atomic E-state index is 0.0752. The maximum atomic E-state index is 4.03. The quantitative estimate of drug-likeness (QED) is 0.291. The lowest BCUT2D eigenvalue weighted by atomic mass is 9.56. The molecule has 1 aromatic rings. The van der Waals surface area contributed by atoms with E-state index in [1.807, 2.05) is 0 Å². The van der Waals surface area contributed by atoms with Gasteiger partial charge < -0.3 is 0 Å². The van der Waals surface area contributed by atoms with Crippen LogP contribution in [0.3, 0.4) is 0 Å². The fourth-order valence-electron chi connectivity index (χ4n) is 8.04. The smallest absolute Gasteiger partial charge is 0.0328 e. The van der Waals surface area contributed by atoms with Crippen LogP contribution in [0.1, 0.15) is 50.2 Å². The van der Waals surface area contributed by atoms with Crippen molar-refractivity contribution in [2.75, 3.05) is 0 Å². The summed E-state index contributed by atoms with van der Waals surface area (Å²) in [5.74, 6) is 4.05. The van der Waals surface area contributed by atoms with E-state index in [-0.39, 0.29) is 5.41 Å². The Morgan fingerprint density at radius 2 is 1.78 bits per heavy atom. The number of fused-ring (bicyclic) bond motifs is 5. The van der Waals surface area contributed by atoms with Gasteiger partial charge in [0.05, 0.1) is 0 Å². The summed E-state index contributed by atoms with van der Waals surface area (Å²) < 4.78 is 0. The van der Waals surface area contributed by atoms with E-state index in [1.165, 1.54) is 36.8 Å². The Morgan fingerprint density at radius 1 is 0.938 bits per heavy atom. The molecule has 8 atom stereocenters. The third kappa shape index (κ3) is 3.07. The van der Waals surface area contributed by atoms with Crippen LogP contribution in [0.15, 0.2) is 84.0 Å². The van der Waals surface area contributed by atoms with E-state index in [0.29, 0.717) is 22.6 Å². The first kappa shape index (κ1) is 21.0. The van der Waals surface area contributed by atoms with Crippen molar-refractivity contribution in [2.45, 2.75) is 56.2 Å². The largest absolute Gasteiger partial charge is 0.0879 e. The van der Waals surface area contributed by atoms with Gasteiger partial charge in [-0.2, -0.15) is 0 Å². The van der Waals surface area contributed by atoms with Gasteiger partial charge in [-0.05, 0) is 87.0 Å². The predicted octanol–water partition coefficient (Wildman–Crippen LogP) is 8.25. The van der Waals surface area contributed by atoms with Gasteiger partial charge in [-0.3, -0.25) is 0 Å². The average molecular weight is 488 g/mol. The third-order valence-electron chi connectivity index (χ3n) is 9.35. The minimum atomic E-state index is 0.0752. The minimum Gasteiger partial charge on any atom is -0.0879 e. The Balaban J connectivity index is 1.60. The number of rotatable bonds is 2. The zero-order valence-electron chi connectivity index (χ0n) is 19.4. The van der Waals surface area contributed by atoms with Crippen LogP contribution in [0.2, 0.25) is 0 Å². The van der Waals surface area contributed by atoms with E-state index in [4.69, 9.17) is 0 Å². The molecule has 0 nitrogen and oxygen atoms in total. The maximum absolute atomic E-state index is 4.03. The van der Waals surface area contributed by atoms with Crippen molar-refractivity contribution in [1.82, 2.24) is 0 Å². The average Bonchev–Trinajstić information content (AvgIpc) is 3.11. The van der Waals surface area contributed by atoms with Gasteiger partial charge >= 0.3 is 0 Å². The molecule has 1 saturated carbocycles. The van der Waals surface area contributed by atoms with Crippen molar-refractivity contribution in [3.05, 3.63) is 95.1 Å². The molecular weight excluding hydrogens is 452 g/mol. The zero-order chi connectivity index (χ0) is 21.9. The van der Waals surface area contributed by atoms with Gasteiger partial charge in [-0.1, -0.05) is 106 Å². The van der Waals surface area contributed by atoms with Crippen LogP contribution in [0, 0.1) is 42.4 Å². The molecule has 5 aliphatic rings. The summed E-state index contributed by atoms with van der Waals surface area (Å²) >= 11 is 4.03. The molecule has 1 aromatic carbocycles. The molecule has 1 heteroatoms. The Bertz CT molecular complexity index is 1030. The number of aryl methyl sites for hydroxylation is 1. The number of hydrogen-bond donors (Lipinski definition) is 0. The van der Waals surface area contributed by atoms with Gasteiger partial charge in [0.1, 0.15) is 0 Å². The third-order valence-corrected chi connectivity index (χ3v) is 10.1. The molecule has 0 bridgehead atoms. The standard InChI is InChI=1S/C31H35Br/c1-20-7-12-23(13-8-20)31(24-14-9-21(2)10-15-24)28-18-11-22-5-3-4-6-26(22)30(28)27-17-16-25(32)19-29(27)31/h3,5,7-14,18-19,22,24-28,30H,4,6,15-17H2,1-2H3. The van der Waals surface area contributed by atoms with Gasteiger partial charge in [0, 0.05) is 10.2 Å². The van der Waals surface area contributed by atoms with Crippen molar-refractivity contribution in [3.63, 3.8) is 0 Å². The van der Waals surface area contributed by atoms with Crippen LogP contribution >= 0.6 is 15.9 Å². The number of alkyl halides is 1. The van der Waals surface area contributed by atoms with Crippen LogP contribution in [0.25, 0.3) is 0 Å². The first-order valence-corrected chi connectivity index (χ1v) is 13.6. The lowest BCUT2D eigenvalue weighted by Gasteiger charge is -2.47. The van der Waals surface area contributed by atoms with Crippen LogP contribution < -0.4 is 0 Å². The molecule has 0 aromatic heterocycles. The fourth-order valence-corrected chi connectivity index (χ4v) is 8.59. The maximum Gasteiger partial charge on any atom is 0.0328 e. The molecule has 0 N–H and O–H groups in total. The summed E-state index contributed by atoms with van der Waals surface area (Å²) in [5.41, 5.74) is 6.15. The number of hydrogen-bond acceptors (Lipinski definition) is 0. The second-order valence-corrected chi connectivity index (χ2v) is 12.1. The van der Waals surface area contributed by atoms with Gasteiger partial charge in [0.25, 0.3) is 0 Å². The molecule has 0 radical (unpaired) electrons. The second-order valence-electron chi connectivity index (χ2n) is 10.9. The van der Waals surface area contributed by atoms with Crippen molar-refractivity contribution in [3.8, 4) is 0 Å². The molecule has 1 fully saturated rings. The SMILES string of the molecule is CC1=CCC(C2(c3ccc(C)cc3)C3=CC(Br)CCC3C3C4CCC=CC4C=CC32)C=C1. The molecule has 5 aliphatic carbocycles. The van der Waals surface area contributed by atoms with Crippen LogP contribution in [-0.4, -0.2) is 4.83 Å². The highest BCUT2D eigenvalue weighted by molar-refractivity contribution is 9.09. The summed E-state index contributed by atoms with van der Waals surface area (Å²) in [7, 11) is 0. The highest BCUT2D eigenvalue weighted by atomic mass is 79.9. The monoisotopic (exact) mass is 486 g/mol. The van der Waals surface area contributed by atoms with Gasteiger partial charge in [0.15, 0.2) is 0 Å². The Morgan fingerprint density at radius 3 is 2.56 bits per heavy atom. The Hall–Kier alpha value is -1.60. The highest BCUT2D eigenvalue weighted by Gasteiger charge is 2.62. The summed E-state index contributed by atoms with van der Waals surface area (Å²) in [5, 5.41) is 0. The number of allylic oxidation sites excluding steroid dienone is 10. The van der Waals surface area contributed by atoms with Crippen molar-refractivity contribution in [1.29, 1.82) is 0 Å². The van der Waals surface area contributed by atoms with Crippen LogP contribution in [0.4, 0.5) is 0 Å². The van der Waals surface area contributed by atoms with Crippen molar-refractivity contribution in [2.24, 2.45) is 35.5 Å². The first-order chi connectivity index (χ1) is 15.6. The molecule has 0 spiro atoms. The first-order valence-electron chi connectivity index (χ1n) is 12.7. The molecule has 6 rings (SSSR count). The molecular formula is C31H35Br. The Kier molecular flexibility index (Phi) is 5.25. The Labute approximate surface area is 202 Å². The predicted molar refractivity (Wildman–Crippen MR) is 139 cm³/mol. The molecule has 0 saturated heterocycles. The van der Waals surface area contributed by atoms with Crippen LogP contribution in [0.5, 0.6) is 0 Å². The van der Waals surface area contributed by atoms with Crippen LogP contribution in [-0.2, 0) is 5.41 Å². The number of halogens is 1. The normalized spacial score (nSPS) is 42.0. The fraction of sp³-hybridized carbons (Fsp3) is 0.484. The van der Waals surface area contributed by atoms with Gasteiger partial charge in [-0.15, -0.1) is 0 Å². The van der Waals surface area contributed by atoms with Crippen molar-refractivity contribution >= 4 is 15.9 Å². The lowest BCUT2D eigenvalue weighted by molar-refractivity contribution is 0.143. The summed E-state index contributed by atoms with van der Waals surface area (Å²) in [6.45, 7) is 4.47. The molecule has 0 amide bonds. The van der Waals surface area contributed by atoms with E-state index < -0.39 is 0 Å². The summed E-state index contributed by atoms with van der Waals surface area (Å²) in [6.07, 6.45) is 26.7. The highest BCUT2D eigenvalue weighted by Crippen LogP contribution is 2.67. The summed E-state index contributed by atoms with van der Waals surface area (Å²) in [4.78, 5) is 0.509. The van der Waals surface area contributed by atoms with E-state index in [2.05, 4.69) is 103 Å². The van der Waals surface area contributed by atoms with Gasteiger partial charge in [0.2, 0.25) is 0 Å². The molecule has 32 heavy (non-hydrogen) atoms. The molecule has 166 valence electrons. The molecule has 0 aliphatic heterocycles. The van der Waals surface area contributed by atoms with E-state index in [9.17, 15) is 0 Å². The molecule has 8 unspecified atom stereocenters. The lowest BCUT2D eigenvalue weighted by Crippen LogP contribution is -2.43. The number of benzene rings is 1. The molecule has 0 heterocycles. The topological polar surface area (TPSA) is 0 Å². The van der Waals surface area contributed by atoms with Crippen molar-refractivity contribution < 1.29 is 0 Å². The summed E-state index contributed by atoms with van der Waals surface area (Å²) in [6, 6.07) is 9.63. The zero-order valence-corrected chi connectivity index (χ0v) is 21.0. The van der Waals surface area contributed by atoms with Gasteiger partial charge in [-0.25, -0.2) is 0 Å². The second kappa shape index (κ2) is 8.01. The van der Waals surface area contributed by atoms with E-state index in [0.717, 1.165) is 24.2 Å². The van der Waals surface area contributed by atoms with E-state index in [1.54, 1.807) is 11.1 Å².